The zero-order valence-corrected chi connectivity index (χ0v) is 17.6. The molecule has 1 N–H and O–H groups in total. The molecule has 27 heavy (non-hydrogen) atoms. The highest BCUT2D eigenvalue weighted by Gasteiger charge is 2.31. The Hall–Kier alpha value is -1.96. The minimum atomic E-state index is -3.81. The highest BCUT2D eigenvalue weighted by atomic mass is 35.5. The average molecular weight is 431 g/mol. The number of sulfonamides is 1. The van der Waals surface area contributed by atoms with Crippen molar-refractivity contribution >= 4 is 50.5 Å². The molecule has 1 amide bonds. The van der Waals surface area contributed by atoms with Gasteiger partial charge in [0.05, 0.1) is 19.1 Å². The van der Waals surface area contributed by atoms with Gasteiger partial charge in [0.15, 0.2) is 0 Å². The van der Waals surface area contributed by atoms with Crippen molar-refractivity contribution < 1.29 is 17.9 Å². The quantitative estimate of drug-likeness (QED) is 0.747. The van der Waals surface area contributed by atoms with Gasteiger partial charge in [-0.25, -0.2) is 8.42 Å². The van der Waals surface area contributed by atoms with Crippen molar-refractivity contribution in [3.63, 3.8) is 0 Å². The van der Waals surface area contributed by atoms with E-state index in [4.69, 9.17) is 27.9 Å². The highest BCUT2D eigenvalue weighted by Crippen LogP contribution is 2.34. The fourth-order valence-electron chi connectivity index (χ4n) is 2.53. The molecule has 0 aromatic heterocycles. The van der Waals surface area contributed by atoms with Gasteiger partial charge in [-0.05, 0) is 49.7 Å². The molecule has 9 heteroatoms. The van der Waals surface area contributed by atoms with Gasteiger partial charge in [0.2, 0.25) is 15.9 Å². The summed E-state index contributed by atoms with van der Waals surface area (Å²) in [6, 6.07) is 8.55. The molecule has 0 saturated heterocycles. The minimum Gasteiger partial charge on any atom is -0.495 e. The number of halogens is 2. The molecule has 0 aliphatic carbocycles. The zero-order valence-electron chi connectivity index (χ0n) is 15.3. The van der Waals surface area contributed by atoms with Crippen LogP contribution in [0.15, 0.2) is 36.4 Å². The highest BCUT2D eigenvalue weighted by molar-refractivity contribution is 7.92. The first-order chi connectivity index (χ1) is 12.5. The second-order valence-corrected chi connectivity index (χ2v) is 8.71. The van der Waals surface area contributed by atoms with E-state index in [-0.39, 0.29) is 11.4 Å². The van der Waals surface area contributed by atoms with Crippen LogP contribution >= 0.6 is 23.2 Å². The van der Waals surface area contributed by atoms with Crippen molar-refractivity contribution in [3.05, 3.63) is 52.0 Å². The Kier molecular flexibility index (Phi) is 6.62. The summed E-state index contributed by atoms with van der Waals surface area (Å²) < 4.78 is 31.1. The van der Waals surface area contributed by atoms with Gasteiger partial charge < -0.3 is 10.1 Å². The van der Waals surface area contributed by atoms with Crippen LogP contribution in [-0.4, -0.2) is 33.7 Å². The first-order valence-corrected chi connectivity index (χ1v) is 10.5. The summed E-state index contributed by atoms with van der Waals surface area (Å²) in [5, 5.41) is 3.50. The molecular formula is C18H20Cl2N2O4S. The van der Waals surface area contributed by atoms with E-state index < -0.39 is 22.0 Å². The third-order valence-corrected chi connectivity index (χ3v) is 5.78. The number of hydrogen-bond donors (Lipinski definition) is 1. The van der Waals surface area contributed by atoms with Crippen molar-refractivity contribution in [3.8, 4) is 5.75 Å². The lowest BCUT2D eigenvalue weighted by Gasteiger charge is -2.29. The Morgan fingerprint density at radius 1 is 1.19 bits per heavy atom. The molecule has 2 aromatic carbocycles. The van der Waals surface area contributed by atoms with Gasteiger partial charge in [-0.15, -0.1) is 0 Å². The maximum atomic E-state index is 12.7. The first kappa shape index (κ1) is 21.3. The van der Waals surface area contributed by atoms with Crippen LogP contribution < -0.4 is 14.4 Å². The summed E-state index contributed by atoms with van der Waals surface area (Å²) in [6.07, 6.45) is 1.01. The number of carbonyl (C=O) groups is 1. The Balaban J connectivity index is 2.41. The predicted octanol–water partition coefficient (Wildman–Crippen LogP) is 4.10. The van der Waals surface area contributed by atoms with Crippen molar-refractivity contribution in [2.45, 2.75) is 19.9 Å². The predicted molar refractivity (Wildman–Crippen MR) is 110 cm³/mol. The van der Waals surface area contributed by atoms with Crippen LogP contribution in [0.5, 0.6) is 5.75 Å². The Morgan fingerprint density at radius 3 is 2.41 bits per heavy atom. The molecular weight excluding hydrogens is 411 g/mol. The number of rotatable bonds is 6. The topological polar surface area (TPSA) is 75.7 Å². The molecule has 0 radical (unpaired) electrons. The normalized spacial score (nSPS) is 12.4. The Bertz CT molecular complexity index is 964. The van der Waals surface area contributed by atoms with E-state index in [9.17, 15) is 13.2 Å². The smallest absolute Gasteiger partial charge is 0.247 e. The zero-order chi connectivity index (χ0) is 20.4. The molecule has 6 nitrogen and oxygen atoms in total. The fraction of sp³-hybridized carbons (Fsp3) is 0.278. The number of aryl methyl sites for hydroxylation is 1. The van der Waals surface area contributed by atoms with Crippen molar-refractivity contribution in [1.82, 2.24) is 0 Å². The lowest BCUT2D eigenvalue weighted by molar-refractivity contribution is -0.116. The van der Waals surface area contributed by atoms with Crippen LogP contribution in [0, 0.1) is 6.92 Å². The van der Waals surface area contributed by atoms with E-state index in [1.54, 1.807) is 30.3 Å². The number of carbonyl (C=O) groups excluding carboxylic acids is 1. The van der Waals surface area contributed by atoms with E-state index in [0.717, 1.165) is 16.1 Å². The van der Waals surface area contributed by atoms with Gasteiger partial charge in [0.25, 0.3) is 0 Å². The number of hydrogen-bond acceptors (Lipinski definition) is 4. The third-order valence-electron chi connectivity index (χ3n) is 3.91. The van der Waals surface area contributed by atoms with E-state index in [1.165, 1.54) is 20.1 Å². The maximum absolute atomic E-state index is 12.7. The van der Waals surface area contributed by atoms with Crippen molar-refractivity contribution in [1.29, 1.82) is 0 Å². The molecule has 1 atom stereocenters. The fourth-order valence-corrected chi connectivity index (χ4v) is 4.05. The van der Waals surface area contributed by atoms with Crippen LogP contribution in [0.1, 0.15) is 12.5 Å². The summed E-state index contributed by atoms with van der Waals surface area (Å²) in [5.74, 6) is -0.245. The summed E-state index contributed by atoms with van der Waals surface area (Å²) in [4.78, 5) is 12.7. The number of anilines is 2. The lowest BCUT2D eigenvalue weighted by Crippen LogP contribution is -2.45. The van der Waals surface area contributed by atoms with Crippen molar-refractivity contribution in [2.24, 2.45) is 0 Å². The average Bonchev–Trinajstić information content (AvgIpc) is 2.57. The van der Waals surface area contributed by atoms with Gasteiger partial charge in [-0.3, -0.25) is 9.10 Å². The van der Waals surface area contributed by atoms with E-state index in [1.807, 2.05) is 6.92 Å². The molecule has 2 aromatic rings. The van der Waals surface area contributed by atoms with Gasteiger partial charge in [-0.2, -0.15) is 0 Å². The largest absolute Gasteiger partial charge is 0.495 e. The summed E-state index contributed by atoms with van der Waals surface area (Å²) in [5.41, 5.74) is 1.51. The van der Waals surface area contributed by atoms with Crippen LogP contribution in [0.25, 0.3) is 0 Å². The van der Waals surface area contributed by atoms with E-state index in [0.29, 0.717) is 15.7 Å². The standard InChI is InChI=1S/C18H20Cl2N2O4S/c1-11-5-7-14(10-15(11)20)21-18(23)12(2)22(27(4,24)25)16-9-13(19)6-8-17(16)26-3/h5-10,12H,1-4H3,(H,21,23)/t12-/m0/s1. The molecule has 0 heterocycles. The number of nitrogens with one attached hydrogen (secondary N) is 1. The van der Waals surface area contributed by atoms with Gasteiger partial charge in [0.1, 0.15) is 11.8 Å². The Morgan fingerprint density at radius 2 is 1.85 bits per heavy atom. The molecule has 0 spiro atoms. The lowest BCUT2D eigenvalue weighted by atomic mass is 10.2. The molecule has 0 unspecified atom stereocenters. The van der Waals surface area contributed by atoms with E-state index >= 15 is 0 Å². The molecule has 0 aliphatic heterocycles. The third kappa shape index (κ3) is 5.06. The van der Waals surface area contributed by atoms with E-state index in [2.05, 4.69) is 5.32 Å². The molecule has 0 bridgehead atoms. The number of ether oxygens (including phenoxy) is 1. The maximum Gasteiger partial charge on any atom is 0.247 e. The number of benzene rings is 2. The van der Waals surface area contributed by atoms with Crippen LogP contribution in [0.3, 0.4) is 0 Å². The molecule has 0 saturated carbocycles. The molecule has 0 aliphatic rings. The molecule has 2 rings (SSSR count). The second-order valence-electron chi connectivity index (χ2n) is 6.00. The molecule has 146 valence electrons. The van der Waals surface area contributed by atoms with Gasteiger partial charge >= 0.3 is 0 Å². The monoisotopic (exact) mass is 430 g/mol. The SMILES string of the molecule is COc1ccc(Cl)cc1N([C@@H](C)C(=O)Nc1ccc(C)c(Cl)c1)S(C)(=O)=O. The number of methoxy groups -OCH3 is 1. The van der Waals surface area contributed by atoms with Crippen molar-refractivity contribution in [2.75, 3.05) is 23.0 Å². The van der Waals surface area contributed by atoms with Gasteiger partial charge in [-0.1, -0.05) is 29.3 Å². The van der Waals surface area contributed by atoms with Crippen LogP contribution in [0.2, 0.25) is 10.0 Å². The van der Waals surface area contributed by atoms with Gasteiger partial charge in [0, 0.05) is 15.7 Å². The summed E-state index contributed by atoms with van der Waals surface area (Å²) >= 11 is 12.1. The summed E-state index contributed by atoms with van der Waals surface area (Å²) in [7, 11) is -2.40. The Labute approximate surface area is 169 Å². The van der Waals surface area contributed by atoms with Crippen LogP contribution in [-0.2, 0) is 14.8 Å². The number of nitrogens with zero attached hydrogens (tertiary/aromatic N) is 1. The number of amides is 1. The van der Waals surface area contributed by atoms with Crippen LogP contribution in [0.4, 0.5) is 11.4 Å². The first-order valence-electron chi connectivity index (χ1n) is 7.94. The summed E-state index contributed by atoms with van der Waals surface area (Å²) in [6.45, 7) is 3.32. The second kappa shape index (κ2) is 8.37. The molecule has 0 fully saturated rings. The minimum absolute atomic E-state index is 0.178.